The van der Waals surface area contributed by atoms with Crippen LogP contribution in [0.25, 0.3) is 0 Å². The third-order valence-electron chi connectivity index (χ3n) is 5.00. The minimum Gasteiger partial charge on any atom is -0.471 e. The van der Waals surface area contributed by atoms with Crippen LogP contribution in [0.3, 0.4) is 0 Å². The molecule has 0 unspecified atom stereocenters. The molecule has 3 aliphatic heterocycles. The molecule has 0 saturated carbocycles. The van der Waals surface area contributed by atoms with E-state index < -0.39 is 42.0 Å². The highest BCUT2D eigenvalue weighted by Crippen LogP contribution is 2.58. The first-order valence-electron chi connectivity index (χ1n) is 7.19. The summed E-state index contributed by atoms with van der Waals surface area (Å²) in [6.45, 7) is 1.53. The number of aliphatic hydroxyl groups excluding tert-OH is 1. The van der Waals surface area contributed by atoms with Crippen LogP contribution in [-0.2, 0) is 28.5 Å². The highest BCUT2D eigenvalue weighted by atomic mass is 16.7. The predicted molar refractivity (Wildman–Crippen MR) is 70.0 cm³/mol. The van der Waals surface area contributed by atoms with Gasteiger partial charge in [-0.15, -0.1) is 0 Å². The van der Waals surface area contributed by atoms with E-state index in [0.29, 0.717) is 5.57 Å². The van der Waals surface area contributed by atoms with Crippen LogP contribution in [0.2, 0.25) is 0 Å². The highest BCUT2D eigenvalue weighted by Gasteiger charge is 2.72. The van der Waals surface area contributed by atoms with Crippen LogP contribution in [0.5, 0.6) is 0 Å². The standard InChI is InChI=1S/C15H16O7/c1-6(16)9-11-15(22-13(9)18)4-3-7-8(12(17)19-2)5-20-14(21-11)10(7)15/h3-7,9-11,14,16H,1-2H3/t6-,7-,9+,10-,11+,14-,15+/m1/s1. The molecule has 0 aromatic carbocycles. The van der Waals surface area contributed by atoms with Crippen molar-refractivity contribution in [2.75, 3.05) is 7.11 Å². The van der Waals surface area contributed by atoms with Crippen molar-refractivity contribution in [2.45, 2.75) is 31.0 Å². The molecule has 0 radical (unpaired) electrons. The van der Waals surface area contributed by atoms with E-state index in [-0.39, 0.29) is 11.8 Å². The molecule has 0 aromatic rings. The maximum absolute atomic E-state index is 12.1. The first-order valence-corrected chi connectivity index (χ1v) is 7.19. The summed E-state index contributed by atoms with van der Waals surface area (Å²) in [5.74, 6) is -2.37. The molecule has 1 N–H and O–H groups in total. The van der Waals surface area contributed by atoms with Gasteiger partial charge in [0, 0.05) is 5.92 Å². The SMILES string of the molecule is COC(=O)C1=CO[C@@H]2O[C@H]3[C@H]([C@@H](C)O)C(=O)O[C@]34C=C[C@H]1[C@H]24. The van der Waals surface area contributed by atoms with Gasteiger partial charge in [-0.2, -0.15) is 0 Å². The lowest BCUT2D eigenvalue weighted by Crippen LogP contribution is -2.44. The number of rotatable bonds is 2. The monoisotopic (exact) mass is 308 g/mol. The molecule has 4 rings (SSSR count). The van der Waals surface area contributed by atoms with Crippen molar-refractivity contribution in [3.63, 3.8) is 0 Å². The Bertz CT molecular complexity index is 607. The fourth-order valence-corrected chi connectivity index (χ4v) is 4.04. The molecular formula is C15H16O7. The summed E-state index contributed by atoms with van der Waals surface area (Å²) in [5, 5.41) is 9.87. The maximum atomic E-state index is 12.1. The van der Waals surface area contributed by atoms with Gasteiger partial charge in [-0.05, 0) is 13.0 Å². The molecule has 2 saturated heterocycles. The Balaban J connectivity index is 1.74. The van der Waals surface area contributed by atoms with Gasteiger partial charge in [0.2, 0.25) is 6.29 Å². The first kappa shape index (κ1) is 13.8. The Labute approximate surface area is 126 Å². The van der Waals surface area contributed by atoms with Crippen LogP contribution in [-0.4, -0.2) is 48.3 Å². The number of ether oxygens (including phenoxy) is 4. The molecule has 118 valence electrons. The average Bonchev–Trinajstić information content (AvgIpc) is 3.07. The predicted octanol–water partition coefficient (Wildman–Crippen LogP) is -0.107. The summed E-state index contributed by atoms with van der Waals surface area (Å²) in [6.07, 6.45) is 2.81. The number of carbonyl (C=O) groups is 2. The minimum absolute atomic E-state index is 0.295. The number of aliphatic hydroxyl groups is 1. The highest BCUT2D eigenvalue weighted by molar-refractivity contribution is 5.90. The van der Waals surface area contributed by atoms with Crippen molar-refractivity contribution in [2.24, 2.45) is 17.8 Å². The van der Waals surface area contributed by atoms with Gasteiger partial charge in [0.1, 0.15) is 12.0 Å². The number of methoxy groups -OCH3 is 1. The Morgan fingerprint density at radius 1 is 1.50 bits per heavy atom. The van der Waals surface area contributed by atoms with E-state index in [2.05, 4.69) is 0 Å². The lowest BCUT2D eigenvalue weighted by atomic mass is 9.77. The van der Waals surface area contributed by atoms with Gasteiger partial charge in [0.25, 0.3) is 0 Å². The molecule has 3 heterocycles. The van der Waals surface area contributed by atoms with Gasteiger partial charge >= 0.3 is 11.9 Å². The summed E-state index contributed by atoms with van der Waals surface area (Å²) in [7, 11) is 1.30. The van der Waals surface area contributed by atoms with Crippen LogP contribution in [0.1, 0.15) is 6.92 Å². The number of hydrogen-bond acceptors (Lipinski definition) is 7. The van der Waals surface area contributed by atoms with Gasteiger partial charge < -0.3 is 24.1 Å². The smallest absolute Gasteiger partial charge is 0.337 e. The normalized spacial score (nSPS) is 45.5. The lowest BCUT2D eigenvalue weighted by molar-refractivity contribution is -0.166. The second-order valence-corrected chi connectivity index (χ2v) is 6.08. The van der Waals surface area contributed by atoms with E-state index in [1.807, 2.05) is 6.08 Å². The molecule has 0 aromatic heterocycles. The summed E-state index contributed by atoms with van der Waals surface area (Å²) >= 11 is 0. The summed E-state index contributed by atoms with van der Waals surface area (Å²) in [5.41, 5.74) is -0.612. The largest absolute Gasteiger partial charge is 0.471 e. The van der Waals surface area contributed by atoms with E-state index in [1.54, 1.807) is 6.08 Å². The summed E-state index contributed by atoms with van der Waals surface area (Å²) in [6, 6.07) is 0. The van der Waals surface area contributed by atoms with Crippen LogP contribution >= 0.6 is 0 Å². The molecule has 22 heavy (non-hydrogen) atoms. The second-order valence-electron chi connectivity index (χ2n) is 6.08. The minimum atomic E-state index is -0.985. The average molecular weight is 308 g/mol. The lowest BCUT2D eigenvalue weighted by Gasteiger charge is -2.32. The molecule has 1 spiro atoms. The van der Waals surface area contributed by atoms with E-state index in [1.165, 1.54) is 20.3 Å². The van der Waals surface area contributed by atoms with Crippen molar-refractivity contribution in [3.05, 3.63) is 24.0 Å². The molecule has 4 aliphatic rings. The zero-order valence-corrected chi connectivity index (χ0v) is 12.1. The fourth-order valence-electron chi connectivity index (χ4n) is 4.04. The Kier molecular flexibility index (Phi) is 2.71. The van der Waals surface area contributed by atoms with Gasteiger partial charge in [-0.3, -0.25) is 4.79 Å². The van der Waals surface area contributed by atoms with Gasteiger partial charge in [0.15, 0.2) is 5.60 Å². The van der Waals surface area contributed by atoms with Gasteiger partial charge in [-0.1, -0.05) is 6.08 Å². The second kappa shape index (κ2) is 4.33. The molecule has 1 aliphatic carbocycles. The molecule has 7 atom stereocenters. The molecule has 7 nitrogen and oxygen atoms in total. The van der Waals surface area contributed by atoms with Crippen LogP contribution in [0.4, 0.5) is 0 Å². The van der Waals surface area contributed by atoms with Gasteiger partial charge in [0.05, 0.1) is 31.0 Å². The molecular weight excluding hydrogens is 292 g/mol. The van der Waals surface area contributed by atoms with Crippen molar-refractivity contribution in [3.8, 4) is 0 Å². The third kappa shape index (κ3) is 1.47. The number of allylic oxidation sites excluding steroid dienone is 1. The zero-order chi connectivity index (χ0) is 15.6. The Hall–Kier alpha value is -1.86. The van der Waals surface area contributed by atoms with E-state index in [0.717, 1.165) is 0 Å². The van der Waals surface area contributed by atoms with Crippen LogP contribution < -0.4 is 0 Å². The maximum Gasteiger partial charge on any atom is 0.337 e. The number of esters is 2. The van der Waals surface area contributed by atoms with Crippen LogP contribution in [0.15, 0.2) is 24.0 Å². The molecule has 7 heteroatoms. The summed E-state index contributed by atoms with van der Waals surface area (Å²) < 4.78 is 21.7. The van der Waals surface area contributed by atoms with Crippen LogP contribution in [0, 0.1) is 17.8 Å². The van der Waals surface area contributed by atoms with Crippen molar-refractivity contribution < 1.29 is 33.6 Å². The van der Waals surface area contributed by atoms with E-state index in [4.69, 9.17) is 18.9 Å². The Morgan fingerprint density at radius 2 is 2.27 bits per heavy atom. The Morgan fingerprint density at radius 3 is 2.95 bits per heavy atom. The van der Waals surface area contributed by atoms with Gasteiger partial charge in [-0.25, -0.2) is 4.79 Å². The molecule has 2 fully saturated rings. The molecule has 0 amide bonds. The van der Waals surface area contributed by atoms with E-state index >= 15 is 0 Å². The third-order valence-corrected chi connectivity index (χ3v) is 5.00. The molecule has 0 bridgehead atoms. The van der Waals surface area contributed by atoms with E-state index in [9.17, 15) is 14.7 Å². The number of carbonyl (C=O) groups excluding carboxylic acids is 2. The first-order chi connectivity index (χ1) is 10.5. The van der Waals surface area contributed by atoms with Crippen molar-refractivity contribution >= 4 is 11.9 Å². The zero-order valence-electron chi connectivity index (χ0n) is 12.1. The fraction of sp³-hybridized carbons (Fsp3) is 0.600. The topological polar surface area (TPSA) is 91.3 Å². The number of hydrogen-bond donors (Lipinski definition) is 1. The summed E-state index contributed by atoms with van der Waals surface area (Å²) in [4.78, 5) is 24.0. The van der Waals surface area contributed by atoms with Crippen molar-refractivity contribution in [1.82, 2.24) is 0 Å². The quantitative estimate of drug-likeness (QED) is 0.562. The van der Waals surface area contributed by atoms with Crippen molar-refractivity contribution in [1.29, 1.82) is 0 Å².